The Hall–Kier alpha value is -2.80. The largest absolute Gasteiger partial charge is 0.494 e. The molecular formula is C24H27N3O3S. The smallest absolute Gasteiger partial charge is 0.275 e. The molecule has 0 radical (unpaired) electrons. The van der Waals surface area contributed by atoms with Crippen molar-refractivity contribution in [2.75, 3.05) is 11.5 Å². The minimum absolute atomic E-state index is 0.0920. The molecule has 1 N–H and O–H groups in total. The molecule has 1 atom stereocenters. The summed E-state index contributed by atoms with van der Waals surface area (Å²) in [6.45, 7) is 4.82. The molecule has 2 aromatic heterocycles. The van der Waals surface area contributed by atoms with E-state index < -0.39 is 5.54 Å². The third-order valence-electron chi connectivity index (χ3n) is 6.47. The Morgan fingerprint density at radius 2 is 1.97 bits per heavy atom. The zero-order valence-corrected chi connectivity index (χ0v) is 18.7. The van der Waals surface area contributed by atoms with Crippen molar-refractivity contribution in [1.82, 2.24) is 9.88 Å². The first-order chi connectivity index (χ1) is 15.0. The second kappa shape index (κ2) is 7.71. The maximum Gasteiger partial charge on any atom is 0.275 e. The predicted molar refractivity (Wildman–Crippen MR) is 123 cm³/mol. The highest BCUT2D eigenvalue weighted by atomic mass is 32.1. The number of benzene rings is 1. The zero-order valence-electron chi connectivity index (χ0n) is 17.9. The summed E-state index contributed by atoms with van der Waals surface area (Å²) in [5, 5.41) is 6.31. The maximum absolute atomic E-state index is 13.8. The lowest BCUT2D eigenvalue weighted by Gasteiger charge is -2.44. The summed E-state index contributed by atoms with van der Waals surface area (Å²) in [7, 11) is 0. The lowest BCUT2D eigenvalue weighted by molar-refractivity contribution is -0.127. The lowest BCUT2D eigenvalue weighted by Crippen LogP contribution is -2.65. The minimum Gasteiger partial charge on any atom is -0.494 e. The van der Waals surface area contributed by atoms with Crippen LogP contribution >= 0.6 is 11.3 Å². The number of thiophene rings is 1. The van der Waals surface area contributed by atoms with E-state index in [2.05, 4.69) is 5.32 Å². The zero-order chi connectivity index (χ0) is 21.6. The van der Waals surface area contributed by atoms with E-state index in [1.165, 1.54) is 0 Å². The first-order valence-electron chi connectivity index (χ1n) is 11.0. The molecule has 0 saturated heterocycles. The summed E-state index contributed by atoms with van der Waals surface area (Å²) in [5.74, 6) is 0.505. The van der Waals surface area contributed by atoms with Gasteiger partial charge in [0.05, 0.1) is 13.2 Å². The quantitative estimate of drug-likeness (QED) is 0.636. The third kappa shape index (κ3) is 3.31. The van der Waals surface area contributed by atoms with E-state index in [1.54, 1.807) is 16.2 Å². The fraction of sp³-hybridized carbons (Fsp3) is 0.417. The first-order valence-corrected chi connectivity index (χ1v) is 11.8. The van der Waals surface area contributed by atoms with Crippen LogP contribution in [0.5, 0.6) is 5.75 Å². The Labute approximate surface area is 185 Å². The second-order valence-corrected chi connectivity index (χ2v) is 9.49. The summed E-state index contributed by atoms with van der Waals surface area (Å²) in [6, 6.07) is 11.6. The van der Waals surface area contributed by atoms with Gasteiger partial charge in [-0.05, 0) is 68.5 Å². The fourth-order valence-corrected chi connectivity index (χ4v) is 5.77. The Morgan fingerprint density at radius 1 is 1.23 bits per heavy atom. The monoisotopic (exact) mass is 437 g/mol. The van der Waals surface area contributed by atoms with Gasteiger partial charge in [-0.25, -0.2) is 0 Å². The van der Waals surface area contributed by atoms with Gasteiger partial charge >= 0.3 is 0 Å². The highest BCUT2D eigenvalue weighted by molar-refractivity contribution is 7.16. The number of aromatic nitrogens is 1. The number of amides is 2. The van der Waals surface area contributed by atoms with Gasteiger partial charge in [0.1, 0.15) is 21.8 Å². The fourth-order valence-electron chi connectivity index (χ4n) is 4.87. The molecule has 162 valence electrons. The molecule has 1 aromatic carbocycles. The number of anilines is 1. The van der Waals surface area contributed by atoms with Crippen LogP contribution in [0.4, 0.5) is 5.69 Å². The molecule has 2 aliphatic rings. The van der Waals surface area contributed by atoms with Crippen molar-refractivity contribution in [2.24, 2.45) is 0 Å². The number of rotatable bonds is 5. The van der Waals surface area contributed by atoms with Crippen LogP contribution in [0.15, 0.2) is 41.8 Å². The third-order valence-corrected chi connectivity index (χ3v) is 7.42. The van der Waals surface area contributed by atoms with Crippen molar-refractivity contribution in [3.05, 3.63) is 47.5 Å². The Morgan fingerprint density at radius 3 is 2.68 bits per heavy atom. The number of carbonyl (C=O) groups excluding carboxylic acids is 2. The van der Waals surface area contributed by atoms with Gasteiger partial charge in [0.25, 0.3) is 5.91 Å². The van der Waals surface area contributed by atoms with Crippen molar-refractivity contribution in [3.63, 3.8) is 0 Å². The number of carbonyl (C=O) groups is 2. The number of ether oxygens (including phenoxy) is 1. The summed E-state index contributed by atoms with van der Waals surface area (Å²) in [5.41, 5.74) is 0.297. The van der Waals surface area contributed by atoms with Crippen LogP contribution in [0.25, 0.3) is 10.2 Å². The average Bonchev–Trinajstić information content (AvgIpc) is 3.48. The molecule has 6 nitrogen and oxygen atoms in total. The van der Waals surface area contributed by atoms with Gasteiger partial charge in [0, 0.05) is 17.1 Å². The Kier molecular flexibility index (Phi) is 5.01. The number of fused-ring (bicyclic) bond motifs is 3. The molecule has 7 heteroatoms. The Balaban J connectivity index is 1.58. The van der Waals surface area contributed by atoms with E-state index in [0.717, 1.165) is 41.6 Å². The average molecular weight is 438 g/mol. The maximum atomic E-state index is 13.8. The molecule has 0 unspecified atom stereocenters. The Bertz CT molecular complexity index is 1130. The van der Waals surface area contributed by atoms with Crippen LogP contribution in [0, 0.1) is 0 Å². The topological polar surface area (TPSA) is 63.6 Å². The van der Waals surface area contributed by atoms with Crippen molar-refractivity contribution in [3.8, 4) is 5.75 Å². The van der Waals surface area contributed by atoms with Gasteiger partial charge in [-0.15, -0.1) is 11.3 Å². The lowest BCUT2D eigenvalue weighted by atomic mass is 9.93. The van der Waals surface area contributed by atoms with Crippen LogP contribution in [0.3, 0.4) is 0 Å². The van der Waals surface area contributed by atoms with Crippen LogP contribution in [-0.2, 0) is 11.3 Å². The number of nitrogens with one attached hydrogen (secondary N) is 1. The number of hydrogen-bond donors (Lipinski definition) is 1. The standard InChI is InChI=1S/C24H27N3O3S/c1-3-30-19-10-8-18(9-11-19)27-21(28)20-14-16-12-13-31-22(16)26(20)15-24(27,2)23(29)25-17-6-4-5-7-17/h8-14,17H,3-7,15H2,1-2H3,(H,25,29)/t24-/m1/s1. The summed E-state index contributed by atoms with van der Waals surface area (Å²) < 4.78 is 7.58. The molecule has 1 fully saturated rings. The van der Waals surface area contributed by atoms with E-state index in [0.29, 0.717) is 24.5 Å². The van der Waals surface area contributed by atoms with Crippen LogP contribution in [0.2, 0.25) is 0 Å². The summed E-state index contributed by atoms with van der Waals surface area (Å²) >= 11 is 1.60. The first kappa shape index (κ1) is 20.1. The minimum atomic E-state index is -1.03. The van der Waals surface area contributed by atoms with E-state index in [9.17, 15) is 9.59 Å². The molecule has 1 saturated carbocycles. The highest BCUT2D eigenvalue weighted by Gasteiger charge is 2.49. The summed E-state index contributed by atoms with van der Waals surface area (Å²) in [4.78, 5) is 30.1. The van der Waals surface area contributed by atoms with Gasteiger partial charge in [0.2, 0.25) is 5.91 Å². The molecule has 3 aromatic rings. The van der Waals surface area contributed by atoms with E-state index >= 15 is 0 Å². The molecule has 5 rings (SSSR count). The van der Waals surface area contributed by atoms with Crippen molar-refractivity contribution in [2.45, 2.75) is 57.7 Å². The van der Waals surface area contributed by atoms with Gasteiger partial charge in [-0.3, -0.25) is 14.5 Å². The SMILES string of the molecule is CCOc1ccc(N2C(=O)c3cc4ccsc4n3C[C@]2(C)C(=O)NC2CCCC2)cc1. The molecule has 2 amide bonds. The van der Waals surface area contributed by atoms with Gasteiger partial charge in [0.15, 0.2) is 0 Å². The van der Waals surface area contributed by atoms with Gasteiger partial charge in [-0.1, -0.05) is 12.8 Å². The van der Waals surface area contributed by atoms with Crippen LogP contribution < -0.4 is 15.0 Å². The predicted octanol–water partition coefficient (Wildman–Crippen LogP) is 4.58. The van der Waals surface area contributed by atoms with E-state index in [4.69, 9.17) is 4.74 Å². The molecule has 3 heterocycles. The number of hydrogen-bond acceptors (Lipinski definition) is 4. The molecule has 0 spiro atoms. The van der Waals surface area contributed by atoms with Crippen molar-refractivity contribution >= 4 is 39.1 Å². The molecule has 1 aliphatic carbocycles. The molecule has 31 heavy (non-hydrogen) atoms. The van der Waals surface area contributed by atoms with Crippen LogP contribution in [0.1, 0.15) is 50.0 Å². The van der Waals surface area contributed by atoms with E-state index in [1.807, 2.05) is 60.2 Å². The number of nitrogens with zero attached hydrogens (tertiary/aromatic N) is 2. The molecule has 0 bridgehead atoms. The van der Waals surface area contributed by atoms with Crippen molar-refractivity contribution in [1.29, 1.82) is 0 Å². The molecule has 1 aliphatic heterocycles. The van der Waals surface area contributed by atoms with Crippen LogP contribution in [-0.4, -0.2) is 34.6 Å². The van der Waals surface area contributed by atoms with Gasteiger partial charge in [-0.2, -0.15) is 0 Å². The van der Waals surface area contributed by atoms with Gasteiger partial charge < -0.3 is 14.6 Å². The normalized spacial score (nSPS) is 21.5. The summed E-state index contributed by atoms with van der Waals surface area (Å²) in [6.07, 6.45) is 4.28. The van der Waals surface area contributed by atoms with Crippen molar-refractivity contribution < 1.29 is 14.3 Å². The van der Waals surface area contributed by atoms with E-state index in [-0.39, 0.29) is 17.9 Å². The second-order valence-electron chi connectivity index (χ2n) is 8.59. The highest BCUT2D eigenvalue weighted by Crippen LogP contribution is 2.38. The molecular weight excluding hydrogens is 410 g/mol.